The molecule has 0 radical (unpaired) electrons. The van der Waals surface area contributed by atoms with Crippen LogP contribution < -0.4 is 5.32 Å². The number of carbonyl (C=O) groups is 1. The van der Waals surface area contributed by atoms with Crippen LogP contribution in [-0.4, -0.2) is 38.8 Å². The lowest BCUT2D eigenvalue weighted by molar-refractivity contribution is -0.114. The minimum Gasteiger partial charge on any atom is -0.302 e. The monoisotopic (exact) mass is 363 g/mol. The fourth-order valence-corrected chi connectivity index (χ4v) is 4.12. The van der Waals surface area contributed by atoms with E-state index in [2.05, 4.69) is 32.1 Å². The van der Waals surface area contributed by atoms with E-state index in [0.717, 1.165) is 37.4 Å². The number of likely N-dealkylation sites (tertiary alicyclic amines) is 1. The van der Waals surface area contributed by atoms with E-state index in [1.165, 1.54) is 30.7 Å². The normalized spacial score (nSPS) is 19.6. The van der Waals surface area contributed by atoms with E-state index >= 15 is 0 Å². The molecule has 1 aliphatic rings. The number of thiazole rings is 1. The first-order valence-corrected chi connectivity index (χ1v) is 9.25. The summed E-state index contributed by atoms with van der Waals surface area (Å²) in [6, 6.07) is 0. The van der Waals surface area contributed by atoms with Crippen molar-refractivity contribution >= 4 is 22.4 Å². The van der Waals surface area contributed by atoms with E-state index in [1.807, 2.05) is 6.20 Å². The summed E-state index contributed by atoms with van der Waals surface area (Å²) in [5.74, 6) is 0.842. The van der Waals surface area contributed by atoms with Crippen molar-refractivity contribution < 1.29 is 9.18 Å². The molecule has 134 valence electrons. The van der Waals surface area contributed by atoms with Crippen LogP contribution in [0.1, 0.15) is 43.3 Å². The predicted molar refractivity (Wildman–Crippen MR) is 94.8 cm³/mol. The number of piperidine rings is 1. The average Bonchev–Trinajstić information content (AvgIpc) is 3.01. The zero-order chi connectivity index (χ0) is 17.8. The zero-order valence-corrected chi connectivity index (χ0v) is 15.2. The molecular formula is C17H22FN5OS. The zero-order valence-electron chi connectivity index (χ0n) is 14.4. The van der Waals surface area contributed by atoms with Crippen LogP contribution in [0.15, 0.2) is 18.6 Å². The first kappa shape index (κ1) is 17.9. The lowest BCUT2D eigenvalue weighted by Gasteiger charge is -2.35. The highest BCUT2D eigenvalue weighted by atomic mass is 32.1. The molecule has 0 saturated carbocycles. The number of rotatable bonds is 5. The van der Waals surface area contributed by atoms with Gasteiger partial charge in [0.2, 0.25) is 5.91 Å². The summed E-state index contributed by atoms with van der Waals surface area (Å²) < 4.78 is 13.0. The molecule has 1 fully saturated rings. The summed E-state index contributed by atoms with van der Waals surface area (Å²) in [5.41, 5.74) is 0. The van der Waals surface area contributed by atoms with Gasteiger partial charge >= 0.3 is 0 Å². The van der Waals surface area contributed by atoms with Gasteiger partial charge in [0, 0.05) is 37.0 Å². The lowest BCUT2D eigenvalue weighted by atomic mass is 9.86. The standard InChI is InChI=1S/C17H22FN5OS/c1-11(16-19-6-14(18)7-20-16)13-4-3-5-23(9-13)10-15-8-21-17(25-15)22-12(2)24/h6-8,11,13H,3-5,9-10H2,1-2H3,(H,21,22,24)/t11-,13+/m1/s1. The largest absolute Gasteiger partial charge is 0.302 e. The Morgan fingerprint density at radius 1 is 1.40 bits per heavy atom. The third kappa shape index (κ3) is 4.79. The predicted octanol–water partition coefficient (Wildman–Crippen LogP) is 3.05. The molecule has 8 heteroatoms. The van der Waals surface area contributed by atoms with Gasteiger partial charge in [-0.2, -0.15) is 0 Å². The summed E-state index contributed by atoms with van der Waals surface area (Å²) in [6.45, 7) is 6.42. The number of halogens is 1. The molecule has 3 rings (SSSR count). The number of hydrogen-bond acceptors (Lipinski definition) is 6. The maximum atomic E-state index is 13.0. The maximum Gasteiger partial charge on any atom is 0.223 e. The van der Waals surface area contributed by atoms with E-state index in [0.29, 0.717) is 16.9 Å². The molecule has 0 unspecified atom stereocenters. The molecule has 1 N–H and O–H groups in total. The number of nitrogens with zero attached hydrogens (tertiary/aromatic N) is 4. The molecule has 2 aromatic heterocycles. The lowest BCUT2D eigenvalue weighted by Crippen LogP contribution is -2.37. The number of hydrogen-bond donors (Lipinski definition) is 1. The number of aromatic nitrogens is 3. The molecule has 0 bridgehead atoms. The molecule has 2 atom stereocenters. The minimum absolute atomic E-state index is 0.105. The summed E-state index contributed by atoms with van der Waals surface area (Å²) in [4.78, 5) is 27.1. The Morgan fingerprint density at radius 2 is 2.16 bits per heavy atom. The van der Waals surface area contributed by atoms with Crippen LogP contribution in [-0.2, 0) is 11.3 Å². The van der Waals surface area contributed by atoms with Crippen LogP contribution in [0.5, 0.6) is 0 Å². The Morgan fingerprint density at radius 3 is 2.88 bits per heavy atom. The fraction of sp³-hybridized carbons (Fsp3) is 0.529. The molecule has 1 amide bonds. The number of amides is 1. The van der Waals surface area contributed by atoms with E-state index < -0.39 is 5.82 Å². The van der Waals surface area contributed by atoms with Crippen LogP contribution in [0.2, 0.25) is 0 Å². The molecule has 0 aliphatic carbocycles. The van der Waals surface area contributed by atoms with Gasteiger partial charge in [0.05, 0.1) is 12.4 Å². The van der Waals surface area contributed by atoms with Crippen LogP contribution in [0, 0.1) is 11.7 Å². The topological polar surface area (TPSA) is 71.0 Å². The van der Waals surface area contributed by atoms with Gasteiger partial charge in [-0.05, 0) is 25.3 Å². The molecule has 6 nitrogen and oxygen atoms in total. The number of nitrogens with one attached hydrogen (secondary N) is 1. The molecule has 1 saturated heterocycles. The SMILES string of the molecule is CC(=O)Nc1ncc(CN2CCC[C@H]([C@@H](C)c3ncc(F)cn3)C2)s1. The molecule has 2 aromatic rings. The Kier molecular flexibility index (Phi) is 5.70. The van der Waals surface area contributed by atoms with Gasteiger partial charge in [-0.3, -0.25) is 9.69 Å². The van der Waals surface area contributed by atoms with E-state index in [4.69, 9.17) is 0 Å². The van der Waals surface area contributed by atoms with Crippen molar-refractivity contribution in [1.82, 2.24) is 19.9 Å². The minimum atomic E-state index is -0.401. The second-order valence-electron chi connectivity index (χ2n) is 6.50. The van der Waals surface area contributed by atoms with Gasteiger partial charge in [-0.1, -0.05) is 6.92 Å². The molecule has 0 aromatic carbocycles. The van der Waals surface area contributed by atoms with Gasteiger partial charge < -0.3 is 5.32 Å². The van der Waals surface area contributed by atoms with Gasteiger partial charge in [0.1, 0.15) is 5.82 Å². The third-order valence-electron chi connectivity index (χ3n) is 4.51. The Bertz CT molecular complexity index is 720. The summed E-state index contributed by atoms with van der Waals surface area (Å²) >= 11 is 1.51. The van der Waals surface area contributed by atoms with Gasteiger partial charge in [-0.15, -0.1) is 11.3 Å². The summed E-state index contributed by atoms with van der Waals surface area (Å²) in [5, 5.41) is 3.36. The van der Waals surface area contributed by atoms with E-state index in [-0.39, 0.29) is 11.8 Å². The molecule has 3 heterocycles. The summed E-state index contributed by atoms with van der Waals surface area (Å²) in [6.07, 6.45) is 6.54. The van der Waals surface area contributed by atoms with Crippen LogP contribution in [0.3, 0.4) is 0 Å². The molecule has 1 aliphatic heterocycles. The van der Waals surface area contributed by atoms with E-state index in [9.17, 15) is 9.18 Å². The second-order valence-corrected chi connectivity index (χ2v) is 7.61. The third-order valence-corrected chi connectivity index (χ3v) is 5.41. The van der Waals surface area contributed by atoms with Gasteiger partial charge in [0.15, 0.2) is 10.9 Å². The summed E-state index contributed by atoms with van der Waals surface area (Å²) in [7, 11) is 0. The van der Waals surface area contributed by atoms with E-state index in [1.54, 1.807) is 0 Å². The van der Waals surface area contributed by atoms with Gasteiger partial charge in [0.25, 0.3) is 0 Å². The highest BCUT2D eigenvalue weighted by Crippen LogP contribution is 2.31. The first-order valence-electron chi connectivity index (χ1n) is 8.43. The van der Waals surface area contributed by atoms with Crippen molar-refractivity contribution in [2.75, 3.05) is 18.4 Å². The molecule has 0 spiro atoms. The van der Waals surface area contributed by atoms with Crippen LogP contribution >= 0.6 is 11.3 Å². The maximum absolute atomic E-state index is 13.0. The van der Waals surface area contributed by atoms with Crippen molar-refractivity contribution in [2.24, 2.45) is 5.92 Å². The van der Waals surface area contributed by atoms with Crippen molar-refractivity contribution in [3.8, 4) is 0 Å². The van der Waals surface area contributed by atoms with Crippen molar-refractivity contribution in [2.45, 2.75) is 39.2 Å². The van der Waals surface area contributed by atoms with Gasteiger partial charge in [-0.25, -0.2) is 19.3 Å². The Labute approximate surface area is 150 Å². The second kappa shape index (κ2) is 7.97. The fourth-order valence-electron chi connectivity index (χ4n) is 3.22. The average molecular weight is 363 g/mol. The van der Waals surface area contributed by atoms with Crippen molar-refractivity contribution in [3.05, 3.63) is 35.1 Å². The quantitative estimate of drug-likeness (QED) is 0.884. The first-order chi connectivity index (χ1) is 12.0. The van der Waals surface area contributed by atoms with Crippen LogP contribution in [0.4, 0.5) is 9.52 Å². The van der Waals surface area contributed by atoms with Crippen molar-refractivity contribution in [1.29, 1.82) is 0 Å². The van der Waals surface area contributed by atoms with Crippen molar-refractivity contribution in [3.63, 3.8) is 0 Å². The smallest absolute Gasteiger partial charge is 0.223 e. The van der Waals surface area contributed by atoms with Crippen LogP contribution in [0.25, 0.3) is 0 Å². The highest BCUT2D eigenvalue weighted by Gasteiger charge is 2.27. The number of anilines is 1. The Hall–Kier alpha value is -1.93. The molecule has 25 heavy (non-hydrogen) atoms. The number of carbonyl (C=O) groups excluding carboxylic acids is 1. The highest BCUT2D eigenvalue weighted by molar-refractivity contribution is 7.15. The molecular weight excluding hydrogens is 341 g/mol. The Balaban J connectivity index is 1.60.